The second kappa shape index (κ2) is 19.7. The van der Waals surface area contributed by atoms with Gasteiger partial charge in [0.05, 0.1) is 12.1 Å². The molecule has 2 unspecified atom stereocenters. The topological polar surface area (TPSA) is 209 Å². The van der Waals surface area contributed by atoms with Crippen molar-refractivity contribution in [2.45, 2.75) is 116 Å². The van der Waals surface area contributed by atoms with Crippen molar-refractivity contribution in [3.63, 3.8) is 0 Å². The zero-order chi connectivity index (χ0) is 38.4. The normalized spacial score (nSPS) is 17.1. The van der Waals surface area contributed by atoms with E-state index in [2.05, 4.69) is 21.3 Å². The lowest BCUT2D eigenvalue weighted by Crippen LogP contribution is -2.64. The smallest absolute Gasteiger partial charge is 0.407 e. The molecule has 6 amide bonds. The van der Waals surface area contributed by atoms with Crippen LogP contribution in [0.15, 0.2) is 60.7 Å². The van der Waals surface area contributed by atoms with Gasteiger partial charge in [0.25, 0.3) is 11.8 Å². The summed E-state index contributed by atoms with van der Waals surface area (Å²) in [6.45, 7) is 9.18. The van der Waals surface area contributed by atoms with Gasteiger partial charge in [-0.05, 0) is 70.0 Å². The number of imide groups is 1. The van der Waals surface area contributed by atoms with E-state index in [-0.39, 0.29) is 25.9 Å². The molecule has 3 rings (SSSR count). The number of nitrogens with two attached hydrogens (primary N) is 1. The van der Waals surface area contributed by atoms with Gasteiger partial charge in [-0.25, -0.2) is 4.79 Å². The van der Waals surface area contributed by atoms with Crippen LogP contribution in [-0.2, 0) is 41.7 Å². The van der Waals surface area contributed by atoms with Crippen LogP contribution in [-0.4, -0.2) is 88.0 Å². The lowest BCUT2D eigenvalue weighted by Gasteiger charge is -2.37. The van der Waals surface area contributed by atoms with Crippen molar-refractivity contribution in [1.82, 2.24) is 26.2 Å². The molecule has 1 fully saturated rings. The number of carbonyl (C=O) groups is 6. The average Bonchev–Trinajstić information content (AvgIpc) is 3.65. The monoisotopic (exact) mass is 722 g/mol. The number of nitrogens with zero attached hydrogens (tertiary/aromatic N) is 1. The Labute approximate surface area is 305 Å². The van der Waals surface area contributed by atoms with Crippen molar-refractivity contribution in [2.24, 2.45) is 11.7 Å². The molecule has 0 saturated carbocycles. The van der Waals surface area contributed by atoms with Crippen molar-refractivity contribution >= 4 is 35.6 Å². The van der Waals surface area contributed by atoms with Crippen molar-refractivity contribution < 1.29 is 38.6 Å². The summed E-state index contributed by atoms with van der Waals surface area (Å²) >= 11 is 0. The van der Waals surface area contributed by atoms with Gasteiger partial charge < -0.3 is 36.8 Å². The van der Waals surface area contributed by atoms with Crippen LogP contribution in [0.1, 0.15) is 77.8 Å². The number of primary amides is 1. The third-order valence-electron chi connectivity index (χ3n) is 8.85. The van der Waals surface area contributed by atoms with E-state index in [1.54, 1.807) is 82.3 Å². The van der Waals surface area contributed by atoms with Gasteiger partial charge in [-0.3, -0.25) is 28.9 Å². The Morgan fingerprint density at radius 1 is 0.962 bits per heavy atom. The van der Waals surface area contributed by atoms with Gasteiger partial charge in [-0.2, -0.15) is 0 Å². The molecule has 1 saturated heterocycles. The van der Waals surface area contributed by atoms with Gasteiger partial charge >= 0.3 is 6.09 Å². The summed E-state index contributed by atoms with van der Waals surface area (Å²) in [4.78, 5) is 82.3. The van der Waals surface area contributed by atoms with Crippen molar-refractivity contribution in [3.8, 4) is 0 Å². The predicted octanol–water partition coefficient (Wildman–Crippen LogP) is 2.07. The Kier molecular flexibility index (Phi) is 15.8. The van der Waals surface area contributed by atoms with E-state index in [9.17, 15) is 33.9 Å². The van der Waals surface area contributed by atoms with E-state index in [1.807, 2.05) is 13.0 Å². The zero-order valence-corrected chi connectivity index (χ0v) is 30.7. The predicted molar refractivity (Wildman–Crippen MR) is 194 cm³/mol. The van der Waals surface area contributed by atoms with Crippen molar-refractivity contribution in [3.05, 3.63) is 71.8 Å². The van der Waals surface area contributed by atoms with Gasteiger partial charge in [-0.1, -0.05) is 80.9 Å². The fourth-order valence-electron chi connectivity index (χ4n) is 5.86. The minimum absolute atomic E-state index is 0.0603. The molecular weight excluding hydrogens is 668 g/mol. The van der Waals surface area contributed by atoms with E-state index in [1.165, 1.54) is 0 Å². The number of ether oxygens (including phenoxy) is 1. The van der Waals surface area contributed by atoms with Crippen LogP contribution in [0.2, 0.25) is 0 Å². The molecular formula is C38H54N6O8. The first-order chi connectivity index (χ1) is 24.6. The Morgan fingerprint density at radius 2 is 1.58 bits per heavy atom. The highest BCUT2D eigenvalue weighted by molar-refractivity contribution is 6.05. The standard InChI is InChI=1S/C38H54N6O8/c1-6-24(2)31(42-33(47)27-18-13-21-40-27)35(49)44(29(19-20-30(39)45)34(48)43-38(3,4)5)36(50)32(46)28(22-25-14-9-7-10-15-25)41-37(51)52-23-26-16-11-8-12-17-26/h7-12,14-17,24,27-29,31-32,40,46H,6,13,18-23H2,1-5H3,(H2,39,45)(H,41,51)(H,42,47)(H,43,48)/t24-,27-,28?,29-,31-,32?/m0/s1. The number of aliphatic hydroxyl groups is 1. The molecule has 0 radical (unpaired) electrons. The maximum atomic E-state index is 14.7. The molecule has 0 bridgehead atoms. The molecule has 1 aliphatic heterocycles. The molecule has 0 spiro atoms. The number of rotatable bonds is 17. The molecule has 52 heavy (non-hydrogen) atoms. The van der Waals surface area contributed by atoms with Gasteiger partial charge in [0.2, 0.25) is 17.7 Å². The van der Waals surface area contributed by atoms with Crippen molar-refractivity contribution in [2.75, 3.05) is 6.54 Å². The minimum atomic E-state index is -2.09. The molecule has 284 valence electrons. The Balaban J connectivity index is 2.07. The molecule has 7 N–H and O–H groups in total. The maximum absolute atomic E-state index is 14.7. The lowest BCUT2D eigenvalue weighted by molar-refractivity contribution is -0.161. The molecule has 6 atom stereocenters. The first kappa shape index (κ1) is 41.6. The summed E-state index contributed by atoms with van der Waals surface area (Å²) in [5, 5.41) is 23.1. The Hall–Kier alpha value is -4.82. The number of nitrogens with one attached hydrogen (secondary N) is 4. The molecule has 0 aromatic heterocycles. The highest BCUT2D eigenvalue weighted by Crippen LogP contribution is 2.21. The lowest BCUT2D eigenvalue weighted by atomic mass is 9.94. The fourth-order valence-corrected chi connectivity index (χ4v) is 5.86. The SMILES string of the molecule is CC[C@H](C)[C@H](NC(=O)[C@@H]1CCCN1)C(=O)N(C(=O)C(O)C(Cc1ccccc1)NC(=O)OCc1ccccc1)[C@@H](CCC(N)=O)C(=O)NC(C)(C)C. The van der Waals surface area contributed by atoms with E-state index >= 15 is 0 Å². The van der Waals surface area contributed by atoms with Crippen LogP contribution in [0, 0.1) is 5.92 Å². The van der Waals surface area contributed by atoms with E-state index in [0.717, 1.165) is 6.42 Å². The Morgan fingerprint density at radius 3 is 2.12 bits per heavy atom. The fraction of sp³-hybridized carbons (Fsp3) is 0.526. The minimum Gasteiger partial charge on any atom is -0.445 e. The summed E-state index contributed by atoms with van der Waals surface area (Å²) in [5.41, 5.74) is 6.00. The van der Waals surface area contributed by atoms with Gasteiger partial charge in [0, 0.05) is 12.0 Å². The van der Waals surface area contributed by atoms with E-state index in [4.69, 9.17) is 10.5 Å². The van der Waals surface area contributed by atoms with Crippen molar-refractivity contribution in [1.29, 1.82) is 0 Å². The summed E-state index contributed by atoms with van der Waals surface area (Å²) in [5.74, 6) is -4.68. The highest BCUT2D eigenvalue weighted by atomic mass is 16.5. The zero-order valence-electron chi connectivity index (χ0n) is 30.7. The molecule has 2 aromatic carbocycles. The van der Waals surface area contributed by atoms with E-state index < -0.39 is 77.4 Å². The van der Waals surface area contributed by atoms with Gasteiger partial charge in [-0.15, -0.1) is 0 Å². The molecule has 1 heterocycles. The second-order valence-corrected chi connectivity index (χ2v) is 14.3. The number of hydrogen-bond donors (Lipinski definition) is 6. The summed E-state index contributed by atoms with van der Waals surface area (Å²) in [7, 11) is 0. The third kappa shape index (κ3) is 12.7. The number of alkyl carbamates (subject to hydrolysis) is 1. The summed E-state index contributed by atoms with van der Waals surface area (Å²) < 4.78 is 5.39. The van der Waals surface area contributed by atoms with Gasteiger partial charge in [0.15, 0.2) is 6.10 Å². The molecule has 2 aromatic rings. The first-order valence-corrected chi connectivity index (χ1v) is 17.8. The molecule has 0 aliphatic carbocycles. The van der Waals surface area contributed by atoms with Crippen LogP contribution in [0.4, 0.5) is 4.79 Å². The number of hydrogen-bond acceptors (Lipinski definition) is 9. The molecule has 14 heteroatoms. The number of amides is 6. The Bertz CT molecular complexity index is 1510. The van der Waals surface area contributed by atoms with Crippen LogP contribution in [0.5, 0.6) is 0 Å². The largest absolute Gasteiger partial charge is 0.445 e. The number of aliphatic hydroxyl groups excluding tert-OH is 1. The number of benzene rings is 2. The number of carbonyl (C=O) groups excluding carboxylic acids is 6. The first-order valence-electron chi connectivity index (χ1n) is 17.8. The van der Waals surface area contributed by atoms with Crippen LogP contribution in [0.3, 0.4) is 0 Å². The molecule has 14 nitrogen and oxygen atoms in total. The van der Waals surface area contributed by atoms with Crippen LogP contribution < -0.4 is 27.0 Å². The summed E-state index contributed by atoms with van der Waals surface area (Å²) in [6, 6.07) is 12.9. The summed E-state index contributed by atoms with van der Waals surface area (Å²) in [6.07, 6.45) is -2.09. The van der Waals surface area contributed by atoms with E-state index in [0.29, 0.717) is 35.4 Å². The quantitative estimate of drug-likeness (QED) is 0.141. The third-order valence-corrected chi connectivity index (χ3v) is 8.85. The molecule has 1 aliphatic rings. The van der Waals surface area contributed by atoms with Gasteiger partial charge in [0.1, 0.15) is 18.7 Å². The van der Waals surface area contributed by atoms with Crippen LogP contribution in [0.25, 0.3) is 0 Å². The second-order valence-electron chi connectivity index (χ2n) is 14.3. The highest BCUT2D eigenvalue weighted by Gasteiger charge is 2.45. The average molecular weight is 723 g/mol. The maximum Gasteiger partial charge on any atom is 0.407 e. The van der Waals surface area contributed by atoms with Crippen LogP contribution >= 0.6 is 0 Å².